The van der Waals surface area contributed by atoms with Crippen LogP contribution in [0.2, 0.25) is 0 Å². The number of hydrogen-bond acceptors (Lipinski definition) is 3. The van der Waals surface area contributed by atoms with Crippen LogP contribution in [0.1, 0.15) is 30.4 Å². The minimum atomic E-state index is 0. The Morgan fingerprint density at radius 3 is 2.79 bits per heavy atom. The Hall–Kier alpha value is -1.77. The Bertz CT molecular complexity index is 817. The molecule has 1 aromatic carbocycles. The van der Waals surface area contributed by atoms with Crippen molar-refractivity contribution < 1.29 is 4.74 Å². The standard InChI is InChI=1S/C22H31N5O.HI/c1-23-22(27-10-9-18(15-27)11-19-12-25-26(2)14-19)24-13-20-5-3-4-6-21(20)28-16-17-7-8-17;/h3-6,12,14,17-18H,7-11,13,15-16H2,1-2H3,(H,23,24);1H. The van der Waals surface area contributed by atoms with Crippen LogP contribution in [-0.4, -0.2) is 47.4 Å². The molecule has 2 aromatic rings. The largest absolute Gasteiger partial charge is 0.493 e. The van der Waals surface area contributed by atoms with Crippen LogP contribution in [-0.2, 0) is 20.0 Å². The smallest absolute Gasteiger partial charge is 0.193 e. The van der Waals surface area contributed by atoms with Crippen molar-refractivity contribution >= 4 is 29.9 Å². The highest BCUT2D eigenvalue weighted by molar-refractivity contribution is 14.0. The van der Waals surface area contributed by atoms with E-state index in [0.717, 1.165) is 50.3 Å². The lowest BCUT2D eigenvalue weighted by molar-refractivity contribution is 0.296. The van der Waals surface area contributed by atoms with Gasteiger partial charge in [-0.1, -0.05) is 18.2 Å². The molecule has 1 aliphatic heterocycles. The Morgan fingerprint density at radius 1 is 1.24 bits per heavy atom. The molecule has 4 rings (SSSR count). The molecular formula is C22H32IN5O. The number of halogens is 1. The van der Waals surface area contributed by atoms with E-state index in [0.29, 0.717) is 5.92 Å². The van der Waals surface area contributed by atoms with Gasteiger partial charge in [-0.15, -0.1) is 24.0 Å². The third kappa shape index (κ3) is 6.10. The third-order valence-electron chi connectivity index (χ3n) is 5.66. The summed E-state index contributed by atoms with van der Waals surface area (Å²) in [7, 11) is 3.84. The number of aliphatic imine (C=N–C) groups is 1. The number of likely N-dealkylation sites (tertiary alicyclic amines) is 1. The summed E-state index contributed by atoms with van der Waals surface area (Å²) in [5.41, 5.74) is 2.51. The molecule has 1 saturated carbocycles. The molecule has 1 unspecified atom stereocenters. The van der Waals surface area contributed by atoms with Crippen molar-refractivity contribution in [2.24, 2.45) is 23.9 Å². The second-order valence-corrected chi connectivity index (χ2v) is 8.09. The maximum absolute atomic E-state index is 6.04. The van der Waals surface area contributed by atoms with Crippen molar-refractivity contribution in [2.75, 3.05) is 26.7 Å². The molecule has 0 spiro atoms. The van der Waals surface area contributed by atoms with Crippen LogP contribution >= 0.6 is 24.0 Å². The zero-order valence-corrected chi connectivity index (χ0v) is 19.7. The van der Waals surface area contributed by atoms with Crippen LogP contribution in [0.5, 0.6) is 5.75 Å². The fraction of sp³-hybridized carbons (Fsp3) is 0.545. The monoisotopic (exact) mass is 509 g/mol. The average Bonchev–Trinajstić information content (AvgIpc) is 3.28. The zero-order valence-electron chi connectivity index (χ0n) is 17.4. The molecule has 7 heteroatoms. The summed E-state index contributed by atoms with van der Waals surface area (Å²) in [5, 5.41) is 7.82. The van der Waals surface area contributed by atoms with Gasteiger partial charge in [-0.2, -0.15) is 5.10 Å². The molecule has 0 bridgehead atoms. The van der Waals surface area contributed by atoms with Crippen molar-refractivity contribution in [3.05, 3.63) is 47.8 Å². The van der Waals surface area contributed by atoms with Gasteiger partial charge in [-0.05, 0) is 49.1 Å². The molecule has 2 aliphatic rings. The number of hydrogen-bond donors (Lipinski definition) is 1. The molecule has 2 fully saturated rings. The van der Waals surface area contributed by atoms with E-state index in [1.54, 1.807) is 0 Å². The van der Waals surface area contributed by atoms with Crippen LogP contribution in [0.15, 0.2) is 41.7 Å². The van der Waals surface area contributed by atoms with Gasteiger partial charge in [-0.3, -0.25) is 9.67 Å². The topological polar surface area (TPSA) is 54.7 Å². The Kier molecular flexibility index (Phi) is 7.80. The first kappa shape index (κ1) is 21.9. The summed E-state index contributed by atoms with van der Waals surface area (Å²) >= 11 is 0. The molecule has 1 aliphatic carbocycles. The number of rotatable bonds is 7. The van der Waals surface area contributed by atoms with E-state index in [1.165, 1.54) is 30.4 Å². The molecule has 158 valence electrons. The molecular weight excluding hydrogens is 477 g/mol. The number of para-hydroxylation sites is 1. The summed E-state index contributed by atoms with van der Waals surface area (Å²) < 4.78 is 7.92. The second kappa shape index (κ2) is 10.3. The quantitative estimate of drug-likeness (QED) is 0.353. The molecule has 2 heterocycles. The lowest BCUT2D eigenvalue weighted by Crippen LogP contribution is -2.39. The SMILES string of the molecule is CN=C(NCc1ccccc1OCC1CC1)N1CCC(Cc2cnn(C)c2)C1.I. The van der Waals surface area contributed by atoms with Crippen molar-refractivity contribution in [1.82, 2.24) is 20.0 Å². The molecule has 1 aromatic heterocycles. The molecule has 1 saturated heterocycles. The minimum Gasteiger partial charge on any atom is -0.493 e. The van der Waals surface area contributed by atoms with Gasteiger partial charge in [0.2, 0.25) is 0 Å². The van der Waals surface area contributed by atoms with E-state index in [4.69, 9.17) is 4.74 Å². The molecule has 29 heavy (non-hydrogen) atoms. The summed E-state index contributed by atoms with van der Waals surface area (Å²) in [5.74, 6) is 3.38. The third-order valence-corrected chi connectivity index (χ3v) is 5.66. The maximum Gasteiger partial charge on any atom is 0.193 e. The number of nitrogens with one attached hydrogen (secondary N) is 1. The van der Waals surface area contributed by atoms with Crippen molar-refractivity contribution in [3.63, 3.8) is 0 Å². The first-order chi connectivity index (χ1) is 13.7. The first-order valence-corrected chi connectivity index (χ1v) is 10.3. The number of benzene rings is 1. The highest BCUT2D eigenvalue weighted by Crippen LogP contribution is 2.30. The van der Waals surface area contributed by atoms with Crippen LogP contribution in [0, 0.1) is 11.8 Å². The average molecular weight is 509 g/mol. The van der Waals surface area contributed by atoms with Crippen molar-refractivity contribution in [1.29, 1.82) is 0 Å². The molecule has 1 N–H and O–H groups in total. The van der Waals surface area contributed by atoms with Crippen LogP contribution in [0.4, 0.5) is 0 Å². The predicted octanol–water partition coefficient (Wildman–Crippen LogP) is 3.47. The number of ether oxygens (including phenoxy) is 1. The van der Waals surface area contributed by atoms with E-state index >= 15 is 0 Å². The molecule has 0 amide bonds. The number of aromatic nitrogens is 2. The Morgan fingerprint density at radius 2 is 2.07 bits per heavy atom. The summed E-state index contributed by atoms with van der Waals surface area (Å²) in [4.78, 5) is 6.89. The summed E-state index contributed by atoms with van der Waals surface area (Å²) in [6.45, 7) is 3.66. The highest BCUT2D eigenvalue weighted by Gasteiger charge is 2.26. The van der Waals surface area contributed by atoms with Crippen molar-refractivity contribution in [2.45, 2.75) is 32.2 Å². The number of nitrogens with zero attached hydrogens (tertiary/aromatic N) is 4. The van der Waals surface area contributed by atoms with Crippen molar-refractivity contribution in [3.8, 4) is 5.75 Å². The molecule has 0 radical (unpaired) electrons. The predicted molar refractivity (Wildman–Crippen MR) is 127 cm³/mol. The number of guanidine groups is 1. The van der Waals surface area contributed by atoms with Gasteiger partial charge in [0.1, 0.15) is 5.75 Å². The molecule has 1 atom stereocenters. The highest BCUT2D eigenvalue weighted by atomic mass is 127. The normalized spacial score (nSPS) is 19.2. The van der Waals surface area contributed by atoms with E-state index in [-0.39, 0.29) is 24.0 Å². The maximum atomic E-state index is 6.04. The van der Waals surface area contributed by atoms with Gasteiger partial charge in [-0.25, -0.2) is 0 Å². The lowest BCUT2D eigenvalue weighted by Gasteiger charge is -2.22. The zero-order chi connectivity index (χ0) is 19.3. The first-order valence-electron chi connectivity index (χ1n) is 10.3. The van der Waals surface area contributed by atoms with Crippen LogP contribution in [0.25, 0.3) is 0 Å². The van der Waals surface area contributed by atoms with Crippen LogP contribution in [0.3, 0.4) is 0 Å². The van der Waals surface area contributed by atoms with Gasteiger partial charge in [0, 0.05) is 45.5 Å². The van der Waals surface area contributed by atoms with E-state index in [2.05, 4.69) is 44.7 Å². The molecule has 6 nitrogen and oxygen atoms in total. The lowest BCUT2D eigenvalue weighted by atomic mass is 10.0. The van der Waals surface area contributed by atoms with E-state index in [9.17, 15) is 0 Å². The summed E-state index contributed by atoms with van der Waals surface area (Å²) in [6, 6.07) is 8.33. The minimum absolute atomic E-state index is 0. The second-order valence-electron chi connectivity index (χ2n) is 8.09. The van der Waals surface area contributed by atoms with Gasteiger partial charge in [0.15, 0.2) is 5.96 Å². The van der Waals surface area contributed by atoms with Gasteiger partial charge in [0.05, 0.1) is 12.8 Å². The fourth-order valence-corrected chi connectivity index (χ4v) is 3.89. The van der Waals surface area contributed by atoms with Gasteiger partial charge in [0.25, 0.3) is 0 Å². The Balaban J connectivity index is 0.00000240. The summed E-state index contributed by atoms with van der Waals surface area (Å²) in [6.07, 6.45) is 8.99. The Labute approximate surface area is 190 Å². The van der Waals surface area contributed by atoms with Gasteiger partial charge >= 0.3 is 0 Å². The van der Waals surface area contributed by atoms with Crippen LogP contribution < -0.4 is 10.1 Å². The van der Waals surface area contributed by atoms with E-state index < -0.39 is 0 Å². The fourth-order valence-electron chi connectivity index (χ4n) is 3.89. The van der Waals surface area contributed by atoms with E-state index in [1.807, 2.05) is 31.0 Å². The number of aryl methyl sites for hydroxylation is 1. The van der Waals surface area contributed by atoms with Gasteiger partial charge < -0.3 is 15.0 Å².